The van der Waals surface area contributed by atoms with Crippen LogP contribution in [0.2, 0.25) is 0 Å². The summed E-state index contributed by atoms with van der Waals surface area (Å²) in [5, 5.41) is 14.8. The lowest BCUT2D eigenvalue weighted by Gasteiger charge is -2.32. The Kier molecular flexibility index (Phi) is 5.42. The molecular weight excluding hydrogens is 256 g/mol. The topological polar surface area (TPSA) is 78.4 Å². The highest BCUT2D eigenvalue weighted by Gasteiger charge is 2.37. The average Bonchev–Trinajstić information content (AvgIpc) is 2.73. The predicted octanol–water partition coefficient (Wildman–Crippen LogP) is 2.76. The number of carbonyl (C=O) groups is 2. The first kappa shape index (κ1) is 16.8. The summed E-state index contributed by atoms with van der Waals surface area (Å²) in [4.78, 5) is 23.0. The van der Waals surface area contributed by atoms with Crippen molar-refractivity contribution in [1.29, 1.82) is 0 Å². The van der Waals surface area contributed by atoms with E-state index in [4.69, 9.17) is 5.11 Å². The van der Waals surface area contributed by atoms with Gasteiger partial charge >= 0.3 is 12.0 Å². The smallest absolute Gasteiger partial charge is 0.315 e. The summed E-state index contributed by atoms with van der Waals surface area (Å²) in [5.41, 5.74) is -0.537. The summed E-state index contributed by atoms with van der Waals surface area (Å²) < 4.78 is 0. The molecule has 0 aromatic carbocycles. The summed E-state index contributed by atoms with van der Waals surface area (Å²) in [6.45, 7) is 9.06. The number of aliphatic carboxylic acids is 1. The molecular formula is C15H28N2O3. The van der Waals surface area contributed by atoms with Gasteiger partial charge in [0.1, 0.15) is 0 Å². The molecule has 1 rings (SSSR count). The molecule has 1 fully saturated rings. The molecule has 0 spiro atoms. The van der Waals surface area contributed by atoms with Crippen molar-refractivity contribution >= 4 is 12.0 Å². The van der Waals surface area contributed by atoms with Gasteiger partial charge in [-0.1, -0.05) is 40.5 Å². The van der Waals surface area contributed by atoms with Gasteiger partial charge in [0.05, 0.1) is 12.0 Å². The van der Waals surface area contributed by atoms with Crippen molar-refractivity contribution in [2.45, 2.75) is 65.3 Å². The van der Waals surface area contributed by atoms with Crippen LogP contribution in [0.1, 0.15) is 59.8 Å². The maximum atomic E-state index is 12.0. The van der Waals surface area contributed by atoms with Crippen molar-refractivity contribution in [2.75, 3.05) is 6.54 Å². The Hall–Kier alpha value is -1.26. The monoisotopic (exact) mass is 284 g/mol. The van der Waals surface area contributed by atoms with Crippen LogP contribution in [-0.2, 0) is 4.79 Å². The lowest BCUT2D eigenvalue weighted by molar-refractivity contribution is -0.138. The molecule has 0 atom stereocenters. The normalized spacial score (nSPS) is 18.1. The standard InChI is InChI=1S/C15H28N2O3/c1-11(2)14(3,4)10-16-13(20)17-15(9-12(18)19)7-5-6-8-15/h11H,5-10H2,1-4H3,(H,18,19)(H2,16,17,20). The minimum Gasteiger partial charge on any atom is -0.481 e. The molecule has 0 bridgehead atoms. The Morgan fingerprint density at radius 2 is 1.80 bits per heavy atom. The Bertz CT molecular complexity index is 358. The molecule has 5 heteroatoms. The Morgan fingerprint density at radius 3 is 2.25 bits per heavy atom. The van der Waals surface area contributed by atoms with E-state index in [1.54, 1.807) is 0 Å². The highest BCUT2D eigenvalue weighted by Crippen LogP contribution is 2.32. The van der Waals surface area contributed by atoms with E-state index in [0.29, 0.717) is 12.5 Å². The van der Waals surface area contributed by atoms with Gasteiger partial charge in [-0.3, -0.25) is 4.79 Å². The quantitative estimate of drug-likeness (QED) is 0.701. The van der Waals surface area contributed by atoms with Crippen LogP contribution in [0.3, 0.4) is 0 Å². The second-order valence-corrected chi connectivity index (χ2v) is 7.01. The van der Waals surface area contributed by atoms with Gasteiger partial charge in [-0.2, -0.15) is 0 Å². The molecule has 0 unspecified atom stereocenters. The van der Waals surface area contributed by atoms with Crippen molar-refractivity contribution in [2.24, 2.45) is 11.3 Å². The van der Waals surface area contributed by atoms with Crippen LogP contribution < -0.4 is 10.6 Å². The molecule has 2 amide bonds. The molecule has 0 saturated heterocycles. The second kappa shape index (κ2) is 6.46. The summed E-state index contributed by atoms with van der Waals surface area (Å²) in [7, 11) is 0. The highest BCUT2D eigenvalue weighted by molar-refractivity contribution is 5.76. The van der Waals surface area contributed by atoms with Crippen molar-refractivity contribution in [1.82, 2.24) is 10.6 Å². The molecule has 3 N–H and O–H groups in total. The van der Waals surface area contributed by atoms with E-state index in [1.807, 2.05) is 0 Å². The third kappa shape index (κ3) is 4.69. The number of hydrogen-bond donors (Lipinski definition) is 3. The summed E-state index contributed by atoms with van der Waals surface area (Å²) in [5.74, 6) is -0.392. The lowest BCUT2D eigenvalue weighted by Crippen LogP contribution is -2.53. The Labute approximate surface area is 121 Å². The van der Waals surface area contributed by atoms with Gasteiger partial charge in [-0.15, -0.1) is 0 Å². The summed E-state index contributed by atoms with van der Waals surface area (Å²) in [6, 6.07) is -0.248. The molecule has 1 saturated carbocycles. The van der Waals surface area contributed by atoms with Gasteiger partial charge < -0.3 is 15.7 Å². The van der Waals surface area contributed by atoms with Crippen molar-refractivity contribution < 1.29 is 14.7 Å². The molecule has 0 aliphatic heterocycles. The minimum absolute atomic E-state index is 0.00793. The number of hydrogen-bond acceptors (Lipinski definition) is 2. The fourth-order valence-corrected chi connectivity index (χ4v) is 2.48. The molecule has 0 radical (unpaired) electrons. The number of nitrogens with one attached hydrogen (secondary N) is 2. The number of carbonyl (C=O) groups excluding carboxylic acids is 1. The maximum absolute atomic E-state index is 12.0. The van der Waals surface area contributed by atoms with Crippen LogP contribution in [-0.4, -0.2) is 29.2 Å². The van der Waals surface area contributed by atoms with E-state index >= 15 is 0 Å². The third-order valence-corrected chi connectivity index (χ3v) is 4.70. The summed E-state index contributed by atoms with van der Waals surface area (Å²) >= 11 is 0. The zero-order valence-corrected chi connectivity index (χ0v) is 13.1. The van der Waals surface area contributed by atoms with Crippen molar-refractivity contribution in [3.05, 3.63) is 0 Å². The number of urea groups is 1. The van der Waals surface area contributed by atoms with Gasteiger partial charge in [0.15, 0.2) is 0 Å². The van der Waals surface area contributed by atoms with Crippen LogP contribution in [0, 0.1) is 11.3 Å². The first-order chi connectivity index (χ1) is 9.17. The summed E-state index contributed by atoms with van der Waals surface area (Å²) in [6.07, 6.45) is 3.46. The Morgan fingerprint density at radius 1 is 1.25 bits per heavy atom. The lowest BCUT2D eigenvalue weighted by atomic mass is 9.81. The van der Waals surface area contributed by atoms with E-state index in [0.717, 1.165) is 25.7 Å². The molecule has 1 aliphatic carbocycles. The molecule has 20 heavy (non-hydrogen) atoms. The fraction of sp³-hybridized carbons (Fsp3) is 0.867. The number of amides is 2. The van der Waals surface area contributed by atoms with E-state index in [1.165, 1.54) is 0 Å². The van der Waals surface area contributed by atoms with E-state index in [9.17, 15) is 9.59 Å². The maximum Gasteiger partial charge on any atom is 0.315 e. The van der Waals surface area contributed by atoms with E-state index in [2.05, 4.69) is 38.3 Å². The molecule has 0 aromatic heterocycles. The molecule has 0 aromatic rings. The molecule has 1 aliphatic rings. The van der Waals surface area contributed by atoms with Crippen molar-refractivity contribution in [3.63, 3.8) is 0 Å². The van der Waals surface area contributed by atoms with Gasteiger partial charge in [0, 0.05) is 6.54 Å². The SMILES string of the molecule is CC(C)C(C)(C)CNC(=O)NC1(CC(=O)O)CCCC1. The molecule has 5 nitrogen and oxygen atoms in total. The molecule has 116 valence electrons. The van der Waals surface area contributed by atoms with Crippen LogP contribution in [0.4, 0.5) is 4.79 Å². The van der Waals surface area contributed by atoms with E-state index in [-0.39, 0.29) is 17.9 Å². The Balaban J connectivity index is 2.53. The number of rotatable bonds is 6. The fourth-order valence-electron chi connectivity index (χ4n) is 2.48. The van der Waals surface area contributed by atoms with Gasteiger partial charge in [0.2, 0.25) is 0 Å². The second-order valence-electron chi connectivity index (χ2n) is 7.01. The van der Waals surface area contributed by atoms with E-state index < -0.39 is 11.5 Å². The number of carboxylic acid groups (broad SMARTS) is 1. The first-order valence-electron chi connectivity index (χ1n) is 7.45. The van der Waals surface area contributed by atoms with Crippen LogP contribution in [0.15, 0.2) is 0 Å². The number of carboxylic acids is 1. The third-order valence-electron chi connectivity index (χ3n) is 4.70. The van der Waals surface area contributed by atoms with Gasteiger partial charge in [0.25, 0.3) is 0 Å². The van der Waals surface area contributed by atoms with Crippen LogP contribution in [0.5, 0.6) is 0 Å². The zero-order chi connectivity index (χ0) is 15.4. The van der Waals surface area contributed by atoms with Gasteiger partial charge in [-0.05, 0) is 24.2 Å². The van der Waals surface area contributed by atoms with Crippen molar-refractivity contribution in [3.8, 4) is 0 Å². The van der Waals surface area contributed by atoms with Crippen LogP contribution in [0.25, 0.3) is 0 Å². The molecule has 0 heterocycles. The van der Waals surface area contributed by atoms with Gasteiger partial charge in [-0.25, -0.2) is 4.79 Å². The first-order valence-corrected chi connectivity index (χ1v) is 7.45. The average molecular weight is 284 g/mol. The zero-order valence-electron chi connectivity index (χ0n) is 13.1. The highest BCUT2D eigenvalue weighted by atomic mass is 16.4. The predicted molar refractivity (Wildman–Crippen MR) is 78.6 cm³/mol. The minimum atomic E-state index is -0.852. The largest absolute Gasteiger partial charge is 0.481 e. The van der Waals surface area contributed by atoms with Crippen LogP contribution >= 0.6 is 0 Å².